The van der Waals surface area contributed by atoms with Crippen LogP contribution < -0.4 is 4.90 Å². The Bertz CT molecular complexity index is 894. The van der Waals surface area contributed by atoms with Crippen molar-refractivity contribution in [2.75, 3.05) is 31.1 Å². The Hall–Kier alpha value is -2.06. The summed E-state index contributed by atoms with van der Waals surface area (Å²) in [4.78, 5) is 14.9. The molecule has 0 aromatic carbocycles. The molecule has 5 heterocycles. The van der Waals surface area contributed by atoms with Crippen molar-refractivity contribution in [1.29, 1.82) is 0 Å². The van der Waals surface area contributed by atoms with Gasteiger partial charge in [0, 0.05) is 39.1 Å². The van der Waals surface area contributed by atoms with E-state index in [0.717, 1.165) is 62.2 Å². The first-order chi connectivity index (χ1) is 12.9. The molecule has 2 aliphatic rings. The zero-order chi connectivity index (χ0) is 17.3. The molecule has 1 saturated heterocycles. The smallest absolute Gasteiger partial charge is 0.147 e. The van der Waals surface area contributed by atoms with Gasteiger partial charge in [-0.05, 0) is 24.3 Å². The average molecular weight is 369 g/mol. The highest BCUT2D eigenvalue weighted by atomic mass is 32.1. The number of piperazine rings is 1. The molecular formula is C18H23N7S. The van der Waals surface area contributed by atoms with Gasteiger partial charge in [0.15, 0.2) is 0 Å². The Kier molecular flexibility index (Phi) is 4.30. The number of rotatable bonds is 3. The van der Waals surface area contributed by atoms with Crippen LogP contribution >= 0.6 is 11.3 Å². The van der Waals surface area contributed by atoms with Crippen LogP contribution in [0, 0.1) is 0 Å². The summed E-state index contributed by atoms with van der Waals surface area (Å²) in [6, 6.07) is 2.13. The maximum atomic E-state index is 4.55. The molecule has 136 valence electrons. The molecule has 7 nitrogen and oxygen atoms in total. The van der Waals surface area contributed by atoms with Crippen LogP contribution in [-0.2, 0) is 19.5 Å². The minimum atomic E-state index is 0.901. The lowest BCUT2D eigenvalue weighted by Crippen LogP contribution is -2.46. The second kappa shape index (κ2) is 6.92. The van der Waals surface area contributed by atoms with Crippen LogP contribution in [0.5, 0.6) is 0 Å². The number of aromatic nitrogens is 5. The molecule has 5 rings (SSSR count). The van der Waals surface area contributed by atoms with Gasteiger partial charge in [-0.25, -0.2) is 9.97 Å². The molecule has 8 heteroatoms. The van der Waals surface area contributed by atoms with E-state index in [1.54, 1.807) is 17.7 Å². The van der Waals surface area contributed by atoms with Crippen LogP contribution in [-0.4, -0.2) is 55.8 Å². The Morgan fingerprint density at radius 2 is 1.88 bits per heavy atom. The first kappa shape index (κ1) is 16.1. The quantitative estimate of drug-likeness (QED) is 0.706. The molecule has 3 aromatic rings. The summed E-state index contributed by atoms with van der Waals surface area (Å²) in [6.45, 7) is 6.01. The first-order valence-electron chi connectivity index (χ1n) is 9.45. The largest absolute Gasteiger partial charge is 0.353 e. The van der Waals surface area contributed by atoms with Crippen molar-refractivity contribution in [3.63, 3.8) is 0 Å². The molecule has 26 heavy (non-hydrogen) atoms. The number of fused-ring (bicyclic) bond motifs is 2. The number of nitrogens with zero attached hydrogens (tertiary/aromatic N) is 7. The molecule has 0 bridgehead atoms. The summed E-state index contributed by atoms with van der Waals surface area (Å²) in [5, 5.41) is 12.2. The molecule has 0 amide bonds. The van der Waals surface area contributed by atoms with E-state index in [9.17, 15) is 0 Å². The highest BCUT2D eigenvalue weighted by Crippen LogP contribution is 2.27. The normalized spacial score (nSPS) is 18.8. The van der Waals surface area contributed by atoms with Gasteiger partial charge in [0.2, 0.25) is 0 Å². The third-order valence-corrected chi connectivity index (χ3v) is 6.28. The van der Waals surface area contributed by atoms with Gasteiger partial charge in [-0.1, -0.05) is 6.42 Å². The number of hydrogen-bond acceptors (Lipinski definition) is 7. The maximum absolute atomic E-state index is 4.55. The Balaban J connectivity index is 1.26. The molecule has 0 saturated carbocycles. The van der Waals surface area contributed by atoms with Gasteiger partial charge in [0.25, 0.3) is 0 Å². The third kappa shape index (κ3) is 2.97. The lowest BCUT2D eigenvalue weighted by atomic mass is 10.2. The fourth-order valence-electron chi connectivity index (χ4n) is 4.01. The molecule has 0 aliphatic carbocycles. The molecule has 0 N–H and O–H groups in total. The summed E-state index contributed by atoms with van der Waals surface area (Å²) in [5.41, 5.74) is 0. The summed E-state index contributed by atoms with van der Waals surface area (Å²) in [6.07, 6.45) is 6.55. The van der Waals surface area contributed by atoms with Crippen molar-refractivity contribution in [1.82, 2.24) is 29.6 Å². The Labute approximate surface area is 156 Å². The highest BCUT2D eigenvalue weighted by Gasteiger charge is 2.23. The molecule has 3 aromatic heterocycles. The highest BCUT2D eigenvalue weighted by molar-refractivity contribution is 7.16. The summed E-state index contributed by atoms with van der Waals surface area (Å²) in [7, 11) is 0. The lowest BCUT2D eigenvalue weighted by molar-refractivity contribution is 0.239. The summed E-state index contributed by atoms with van der Waals surface area (Å²) >= 11 is 1.68. The molecule has 2 aliphatic heterocycles. The van der Waals surface area contributed by atoms with Crippen molar-refractivity contribution in [3.8, 4) is 0 Å². The zero-order valence-electron chi connectivity index (χ0n) is 14.8. The van der Waals surface area contributed by atoms with Crippen LogP contribution in [0.1, 0.15) is 30.9 Å². The predicted octanol–water partition coefficient (Wildman–Crippen LogP) is 2.33. The van der Waals surface area contributed by atoms with E-state index in [0.29, 0.717) is 0 Å². The second-order valence-electron chi connectivity index (χ2n) is 7.09. The first-order valence-corrected chi connectivity index (χ1v) is 10.3. The van der Waals surface area contributed by atoms with E-state index in [1.165, 1.54) is 30.5 Å². The third-order valence-electron chi connectivity index (χ3n) is 5.46. The van der Waals surface area contributed by atoms with Crippen LogP contribution in [0.25, 0.3) is 10.2 Å². The van der Waals surface area contributed by atoms with Crippen molar-refractivity contribution in [2.45, 2.75) is 38.8 Å². The van der Waals surface area contributed by atoms with Gasteiger partial charge in [0.1, 0.15) is 28.6 Å². The molecular weight excluding hydrogens is 346 g/mol. The Morgan fingerprint density at radius 1 is 0.962 bits per heavy atom. The van der Waals surface area contributed by atoms with Crippen molar-refractivity contribution >= 4 is 27.4 Å². The van der Waals surface area contributed by atoms with Crippen LogP contribution in [0.15, 0.2) is 17.8 Å². The molecule has 1 fully saturated rings. The fourth-order valence-corrected chi connectivity index (χ4v) is 4.74. The molecule has 0 atom stereocenters. The maximum Gasteiger partial charge on any atom is 0.147 e. The van der Waals surface area contributed by atoms with Gasteiger partial charge < -0.3 is 9.47 Å². The van der Waals surface area contributed by atoms with Gasteiger partial charge in [0.05, 0.1) is 11.9 Å². The van der Waals surface area contributed by atoms with Crippen molar-refractivity contribution in [2.24, 2.45) is 0 Å². The number of aryl methyl sites for hydroxylation is 1. The molecule has 0 spiro atoms. The van der Waals surface area contributed by atoms with E-state index < -0.39 is 0 Å². The number of hydrogen-bond donors (Lipinski definition) is 0. The van der Waals surface area contributed by atoms with E-state index in [-0.39, 0.29) is 0 Å². The minimum absolute atomic E-state index is 0.901. The van der Waals surface area contributed by atoms with Gasteiger partial charge in [-0.15, -0.1) is 21.5 Å². The van der Waals surface area contributed by atoms with E-state index in [1.807, 2.05) is 0 Å². The number of anilines is 1. The average Bonchev–Trinajstić information content (AvgIpc) is 3.23. The standard InChI is InChI=1S/C18H23N7S/c1-2-4-15-21-22-16(25(15)6-3-1)12-23-7-9-24(10-8-23)17-14-5-11-26-18(14)20-13-19-17/h5,11,13H,1-4,6-10,12H2. The minimum Gasteiger partial charge on any atom is -0.353 e. The van der Waals surface area contributed by atoms with Crippen LogP contribution in [0.2, 0.25) is 0 Å². The van der Waals surface area contributed by atoms with Gasteiger partial charge >= 0.3 is 0 Å². The van der Waals surface area contributed by atoms with Gasteiger partial charge in [-0.2, -0.15) is 0 Å². The van der Waals surface area contributed by atoms with E-state index in [4.69, 9.17) is 0 Å². The second-order valence-corrected chi connectivity index (χ2v) is 7.99. The lowest BCUT2D eigenvalue weighted by Gasteiger charge is -2.35. The van der Waals surface area contributed by atoms with Crippen LogP contribution in [0.4, 0.5) is 5.82 Å². The monoisotopic (exact) mass is 369 g/mol. The topological polar surface area (TPSA) is 63.0 Å². The summed E-state index contributed by atoms with van der Waals surface area (Å²) < 4.78 is 2.36. The molecule has 0 radical (unpaired) electrons. The molecule has 0 unspecified atom stereocenters. The fraction of sp³-hybridized carbons (Fsp3) is 0.556. The van der Waals surface area contributed by atoms with Gasteiger partial charge in [-0.3, -0.25) is 4.90 Å². The zero-order valence-corrected chi connectivity index (χ0v) is 15.7. The summed E-state index contributed by atoms with van der Waals surface area (Å²) in [5.74, 6) is 3.39. The predicted molar refractivity (Wildman–Crippen MR) is 102 cm³/mol. The SMILES string of the molecule is c1nc(N2CCN(Cc3nnc4n3CCCCC4)CC2)c2ccsc2n1. The Morgan fingerprint density at radius 3 is 2.81 bits per heavy atom. The van der Waals surface area contributed by atoms with E-state index in [2.05, 4.69) is 46.0 Å². The van der Waals surface area contributed by atoms with E-state index >= 15 is 0 Å². The van der Waals surface area contributed by atoms with Crippen LogP contribution in [0.3, 0.4) is 0 Å². The van der Waals surface area contributed by atoms with Crippen molar-refractivity contribution < 1.29 is 0 Å². The number of thiophene rings is 1. The van der Waals surface area contributed by atoms with Crippen molar-refractivity contribution in [3.05, 3.63) is 29.4 Å².